The lowest BCUT2D eigenvalue weighted by molar-refractivity contribution is -0.137. The van der Waals surface area contributed by atoms with Gasteiger partial charge in [0, 0.05) is 28.4 Å². The summed E-state index contributed by atoms with van der Waals surface area (Å²) in [5.74, 6) is -1.13. The first kappa shape index (κ1) is 20.0. The van der Waals surface area contributed by atoms with Gasteiger partial charge < -0.3 is 19.7 Å². The molecule has 0 aliphatic carbocycles. The molecule has 2 aromatic carbocycles. The maximum atomic E-state index is 12.6. The predicted octanol–water partition coefficient (Wildman–Crippen LogP) is 3.93. The maximum absolute atomic E-state index is 12.6. The second-order valence-corrected chi connectivity index (χ2v) is 6.50. The van der Waals surface area contributed by atoms with Crippen LogP contribution in [0.3, 0.4) is 0 Å². The van der Waals surface area contributed by atoms with Crippen molar-refractivity contribution in [3.63, 3.8) is 0 Å². The van der Waals surface area contributed by atoms with Crippen molar-refractivity contribution in [1.82, 2.24) is 4.57 Å². The molecule has 0 spiro atoms. The molecule has 146 valence electrons. The summed E-state index contributed by atoms with van der Waals surface area (Å²) in [7, 11) is 1.48. The molecule has 0 aliphatic heterocycles. The first-order valence-corrected chi connectivity index (χ1v) is 8.87. The third-order valence-corrected chi connectivity index (χ3v) is 4.49. The van der Waals surface area contributed by atoms with E-state index in [2.05, 4.69) is 5.32 Å². The fraction of sp³-hybridized carbons (Fsp3) is 0.0952. The van der Waals surface area contributed by atoms with Crippen LogP contribution < -0.4 is 10.1 Å². The highest BCUT2D eigenvalue weighted by Gasteiger charge is 2.14. The average Bonchev–Trinajstić information content (AvgIpc) is 3.03. The van der Waals surface area contributed by atoms with Gasteiger partial charge in [0.1, 0.15) is 23.9 Å². The second-order valence-electron chi connectivity index (χ2n) is 6.10. The summed E-state index contributed by atoms with van der Waals surface area (Å²) in [6, 6.07) is 13.8. The van der Waals surface area contributed by atoms with Gasteiger partial charge >= 0.3 is 5.97 Å². The van der Waals surface area contributed by atoms with Gasteiger partial charge in [-0.1, -0.05) is 29.8 Å². The number of carboxylic acids is 1. The number of amides is 1. The van der Waals surface area contributed by atoms with E-state index in [1.165, 1.54) is 19.3 Å². The van der Waals surface area contributed by atoms with Crippen molar-refractivity contribution in [2.75, 3.05) is 12.4 Å². The first-order valence-electron chi connectivity index (χ1n) is 8.49. The number of benzene rings is 2. The van der Waals surface area contributed by atoms with Crippen molar-refractivity contribution < 1.29 is 19.4 Å². The summed E-state index contributed by atoms with van der Waals surface area (Å²) in [6.07, 6.45) is 3.04. The Bertz CT molecular complexity index is 1170. The van der Waals surface area contributed by atoms with Crippen molar-refractivity contribution in [1.29, 1.82) is 5.26 Å². The van der Waals surface area contributed by atoms with Crippen LogP contribution in [0.5, 0.6) is 5.75 Å². The van der Waals surface area contributed by atoms with Crippen molar-refractivity contribution in [2.45, 2.75) is 6.54 Å². The molecule has 2 N–H and O–H groups in total. The lowest BCUT2D eigenvalue weighted by atomic mass is 10.1. The zero-order valence-corrected chi connectivity index (χ0v) is 16.1. The van der Waals surface area contributed by atoms with Crippen LogP contribution in [0.2, 0.25) is 5.02 Å². The van der Waals surface area contributed by atoms with Gasteiger partial charge in [-0.25, -0.2) is 0 Å². The fourth-order valence-corrected chi connectivity index (χ4v) is 3.17. The molecule has 3 aromatic rings. The molecule has 3 rings (SSSR count). The molecule has 0 saturated carbocycles. The Morgan fingerprint density at radius 2 is 2.07 bits per heavy atom. The Labute approximate surface area is 171 Å². The highest BCUT2D eigenvalue weighted by Crippen LogP contribution is 2.28. The van der Waals surface area contributed by atoms with Crippen LogP contribution in [0.1, 0.15) is 5.56 Å². The number of nitrogens with zero attached hydrogens (tertiary/aromatic N) is 2. The van der Waals surface area contributed by atoms with Crippen LogP contribution in [0.15, 0.2) is 54.2 Å². The molecule has 0 atom stereocenters. The molecule has 0 bridgehead atoms. The topological polar surface area (TPSA) is 104 Å². The molecule has 7 nitrogen and oxygen atoms in total. The summed E-state index contributed by atoms with van der Waals surface area (Å²) in [6.45, 7) is -0.229. The molecule has 1 heterocycles. The molecule has 1 aromatic heterocycles. The smallest absolute Gasteiger partial charge is 0.323 e. The van der Waals surface area contributed by atoms with Gasteiger partial charge in [0.25, 0.3) is 5.91 Å². The number of fused-ring (bicyclic) bond motifs is 1. The number of hydrogen-bond donors (Lipinski definition) is 2. The monoisotopic (exact) mass is 409 g/mol. The number of halogens is 1. The minimum Gasteiger partial charge on any atom is -0.495 e. The molecular weight excluding hydrogens is 394 g/mol. The van der Waals surface area contributed by atoms with E-state index in [9.17, 15) is 14.9 Å². The van der Waals surface area contributed by atoms with Gasteiger partial charge in [0.15, 0.2) is 0 Å². The number of carbonyl (C=O) groups is 2. The molecule has 29 heavy (non-hydrogen) atoms. The van der Waals surface area contributed by atoms with Gasteiger partial charge in [-0.2, -0.15) is 5.26 Å². The number of carboxylic acid groups (broad SMARTS) is 1. The molecule has 0 fully saturated rings. The summed E-state index contributed by atoms with van der Waals surface area (Å²) in [4.78, 5) is 23.7. The maximum Gasteiger partial charge on any atom is 0.323 e. The molecular formula is C21H16ClN3O4. The van der Waals surface area contributed by atoms with E-state index in [-0.39, 0.29) is 12.1 Å². The number of para-hydroxylation sites is 1. The van der Waals surface area contributed by atoms with E-state index in [1.807, 2.05) is 6.07 Å². The Morgan fingerprint density at radius 3 is 2.72 bits per heavy atom. The normalized spacial score (nSPS) is 11.1. The Morgan fingerprint density at radius 1 is 1.31 bits per heavy atom. The molecule has 0 radical (unpaired) electrons. The van der Waals surface area contributed by atoms with Crippen LogP contribution in [0.25, 0.3) is 17.0 Å². The summed E-state index contributed by atoms with van der Waals surface area (Å²) < 4.78 is 6.63. The van der Waals surface area contributed by atoms with Crippen LogP contribution in [0, 0.1) is 11.3 Å². The zero-order valence-electron chi connectivity index (χ0n) is 15.3. The van der Waals surface area contributed by atoms with Gasteiger partial charge in [0.2, 0.25) is 0 Å². The van der Waals surface area contributed by atoms with Crippen LogP contribution in [-0.2, 0) is 16.1 Å². The van der Waals surface area contributed by atoms with E-state index in [4.69, 9.17) is 21.4 Å². The molecule has 0 unspecified atom stereocenters. The quantitative estimate of drug-likeness (QED) is 0.474. The average molecular weight is 410 g/mol. The van der Waals surface area contributed by atoms with Crippen LogP contribution in [-0.4, -0.2) is 28.7 Å². The number of nitriles is 1. The summed E-state index contributed by atoms with van der Waals surface area (Å²) in [5.41, 5.74) is 1.55. The molecule has 0 saturated heterocycles. The van der Waals surface area contributed by atoms with Crippen LogP contribution >= 0.6 is 11.6 Å². The number of ether oxygens (including phenoxy) is 1. The number of aromatic nitrogens is 1. The number of nitrogens with one attached hydrogen (secondary N) is 1. The van der Waals surface area contributed by atoms with Gasteiger partial charge in [-0.3, -0.25) is 9.59 Å². The Balaban J connectivity index is 1.93. The van der Waals surface area contributed by atoms with Crippen molar-refractivity contribution in [2.24, 2.45) is 0 Å². The van der Waals surface area contributed by atoms with Gasteiger partial charge in [0.05, 0.1) is 12.1 Å². The lowest BCUT2D eigenvalue weighted by Crippen LogP contribution is -2.13. The highest BCUT2D eigenvalue weighted by atomic mass is 35.5. The largest absolute Gasteiger partial charge is 0.495 e. The van der Waals surface area contributed by atoms with E-state index in [0.29, 0.717) is 27.5 Å². The number of carbonyl (C=O) groups excluding carboxylic acids is 1. The number of methoxy groups -OCH3 is 1. The molecule has 8 heteroatoms. The van der Waals surface area contributed by atoms with E-state index >= 15 is 0 Å². The number of hydrogen-bond acceptors (Lipinski definition) is 4. The predicted molar refractivity (Wildman–Crippen MR) is 110 cm³/mol. The summed E-state index contributed by atoms with van der Waals surface area (Å²) >= 11 is 6.06. The Kier molecular flexibility index (Phi) is 5.86. The van der Waals surface area contributed by atoms with E-state index in [1.54, 1.807) is 47.2 Å². The minimum absolute atomic E-state index is 0.129. The van der Waals surface area contributed by atoms with Crippen molar-refractivity contribution in [3.05, 3.63) is 64.8 Å². The summed E-state index contributed by atoms with van der Waals surface area (Å²) in [5, 5.41) is 22.3. The number of aliphatic carboxylic acids is 1. The van der Waals surface area contributed by atoms with Gasteiger partial charge in [-0.05, 0) is 30.3 Å². The standard InChI is InChI=1S/C21H16ClN3O4/c1-29-19-7-6-15(9-17(19)22)24-21(28)13(10-23)8-14-11-25(12-20(26)27)18-5-3-2-4-16(14)18/h2-9,11H,12H2,1H3,(H,24,28)(H,26,27)/b13-8+. The fourth-order valence-electron chi connectivity index (χ4n) is 2.91. The SMILES string of the molecule is COc1ccc(NC(=O)/C(C#N)=C/c2cn(CC(=O)O)c3ccccc23)cc1Cl. The first-order chi connectivity index (χ1) is 13.9. The Hall–Kier alpha value is -3.76. The highest BCUT2D eigenvalue weighted by molar-refractivity contribution is 6.32. The van der Waals surface area contributed by atoms with Crippen molar-refractivity contribution in [3.8, 4) is 11.8 Å². The molecule has 0 aliphatic rings. The second kappa shape index (κ2) is 8.50. The minimum atomic E-state index is -0.990. The van der Waals surface area contributed by atoms with E-state index < -0.39 is 11.9 Å². The number of anilines is 1. The number of rotatable bonds is 6. The molecule has 1 amide bonds. The lowest BCUT2D eigenvalue weighted by Gasteiger charge is -2.07. The third kappa shape index (κ3) is 4.39. The van der Waals surface area contributed by atoms with Crippen molar-refractivity contribution >= 4 is 46.1 Å². The van der Waals surface area contributed by atoms with Gasteiger partial charge in [-0.15, -0.1) is 0 Å². The zero-order chi connectivity index (χ0) is 21.0. The van der Waals surface area contributed by atoms with E-state index in [0.717, 1.165) is 5.39 Å². The van der Waals surface area contributed by atoms with Crippen LogP contribution in [0.4, 0.5) is 5.69 Å². The third-order valence-electron chi connectivity index (χ3n) is 4.20.